The zero-order valence-electron chi connectivity index (χ0n) is 17.1. The fourth-order valence-corrected chi connectivity index (χ4v) is 3.77. The normalized spacial score (nSPS) is 14.1. The minimum Gasteiger partial charge on any atom is -0.505 e. The standard InChI is InChI=1S/C24H21N3O4/c1-14-10-15(2)12-16(11-14)17-7-5-8-19(23(17)30)25-26-22-18-6-3-4-9-20(18)27(24(22)31)13-21(28)29/h3-12,25,30H,13H2,1-2H3,(H,28,29)/b26-22-. The van der Waals surface area contributed by atoms with Crippen LogP contribution in [0.5, 0.6) is 5.75 Å². The van der Waals surface area contributed by atoms with E-state index in [2.05, 4.69) is 16.6 Å². The first-order chi connectivity index (χ1) is 14.8. The van der Waals surface area contributed by atoms with Crippen molar-refractivity contribution in [3.63, 3.8) is 0 Å². The number of nitrogens with one attached hydrogen (secondary N) is 1. The molecule has 1 aliphatic heterocycles. The number of nitrogens with zero attached hydrogens (tertiary/aromatic N) is 2. The summed E-state index contributed by atoms with van der Waals surface area (Å²) >= 11 is 0. The van der Waals surface area contributed by atoms with Crippen LogP contribution in [0.15, 0.2) is 65.8 Å². The molecule has 3 aromatic carbocycles. The molecular weight excluding hydrogens is 394 g/mol. The third-order valence-corrected chi connectivity index (χ3v) is 5.05. The minimum atomic E-state index is -1.11. The van der Waals surface area contributed by atoms with Gasteiger partial charge in [0.05, 0.1) is 11.4 Å². The van der Waals surface area contributed by atoms with Gasteiger partial charge < -0.3 is 10.2 Å². The Hall–Kier alpha value is -4.13. The van der Waals surface area contributed by atoms with Crippen LogP contribution in [0.4, 0.5) is 11.4 Å². The van der Waals surface area contributed by atoms with E-state index in [1.807, 2.05) is 32.0 Å². The van der Waals surface area contributed by atoms with Gasteiger partial charge in [-0.1, -0.05) is 59.7 Å². The lowest BCUT2D eigenvalue weighted by Crippen LogP contribution is -2.35. The maximum atomic E-state index is 12.8. The molecule has 0 spiro atoms. The average molecular weight is 415 g/mol. The topological polar surface area (TPSA) is 102 Å². The number of amides is 1. The highest BCUT2D eigenvalue weighted by molar-refractivity contribution is 6.54. The van der Waals surface area contributed by atoms with E-state index in [9.17, 15) is 14.7 Å². The van der Waals surface area contributed by atoms with E-state index in [1.54, 1.807) is 36.4 Å². The SMILES string of the molecule is Cc1cc(C)cc(-c2cccc(N/N=C3\C(=O)N(CC(=O)O)c4ccccc43)c2O)c1. The molecule has 31 heavy (non-hydrogen) atoms. The summed E-state index contributed by atoms with van der Waals surface area (Å²) in [6, 6.07) is 18.2. The van der Waals surface area contributed by atoms with E-state index < -0.39 is 18.4 Å². The van der Waals surface area contributed by atoms with Crippen LogP contribution < -0.4 is 10.3 Å². The third-order valence-electron chi connectivity index (χ3n) is 5.05. The molecule has 0 saturated carbocycles. The fourth-order valence-electron chi connectivity index (χ4n) is 3.77. The van der Waals surface area contributed by atoms with Crippen molar-refractivity contribution in [3.8, 4) is 16.9 Å². The van der Waals surface area contributed by atoms with Crippen LogP contribution in [0.1, 0.15) is 16.7 Å². The van der Waals surface area contributed by atoms with Crippen LogP contribution in [0, 0.1) is 13.8 Å². The maximum Gasteiger partial charge on any atom is 0.323 e. The number of carboxylic acid groups (broad SMARTS) is 1. The van der Waals surface area contributed by atoms with Crippen molar-refractivity contribution < 1.29 is 19.8 Å². The Morgan fingerprint density at radius 3 is 2.39 bits per heavy atom. The predicted molar refractivity (Wildman–Crippen MR) is 120 cm³/mol. The Balaban J connectivity index is 1.69. The first-order valence-corrected chi connectivity index (χ1v) is 9.72. The second kappa shape index (κ2) is 7.95. The van der Waals surface area contributed by atoms with Crippen LogP contribution in [0.25, 0.3) is 11.1 Å². The van der Waals surface area contributed by atoms with Gasteiger partial charge in [-0.2, -0.15) is 5.10 Å². The van der Waals surface area contributed by atoms with Gasteiger partial charge in [0.2, 0.25) is 0 Å². The second-order valence-corrected chi connectivity index (χ2v) is 7.45. The fraction of sp³-hybridized carbons (Fsp3) is 0.125. The van der Waals surface area contributed by atoms with E-state index in [-0.39, 0.29) is 11.5 Å². The van der Waals surface area contributed by atoms with E-state index in [0.29, 0.717) is 22.5 Å². The number of anilines is 2. The van der Waals surface area contributed by atoms with Crippen molar-refractivity contribution in [1.82, 2.24) is 0 Å². The highest BCUT2D eigenvalue weighted by atomic mass is 16.4. The van der Waals surface area contributed by atoms with Crippen molar-refractivity contribution in [3.05, 3.63) is 77.4 Å². The van der Waals surface area contributed by atoms with Gasteiger partial charge in [-0.25, -0.2) is 0 Å². The molecule has 0 atom stereocenters. The molecule has 0 fully saturated rings. The number of carbonyl (C=O) groups excluding carboxylic acids is 1. The lowest BCUT2D eigenvalue weighted by Gasteiger charge is -2.13. The van der Waals surface area contributed by atoms with Crippen LogP contribution in [-0.4, -0.2) is 34.3 Å². The van der Waals surface area contributed by atoms with Gasteiger partial charge in [-0.15, -0.1) is 0 Å². The molecule has 0 aliphatic carbocycles. The van der Waals surface area contributed by atoms with E-state index in [0.717, 1.165) is 16.7 Å². The van der Waals surface area contributed by atoms with E-state index in [1.165, 1.54) is 4.90 Å². The van der Waals surface area contributed by atoms with Gasteiger partial charge >= 0.3 is 5.97 Å². The van der Waals surface area contributed by atoms with Crippen LogP contribution in [0.2, 0.25) is 0 Å². The Morgan fingerprint density at radius 1 is 1.00 bits per heavy atom. The summed E-state index contributed by atoms with van der Waals surface area (Å²) in [5.74, 6) is -1.62. The summed E-state index contributed by atoms with van der Waals surface area (Å²) < 4.78 is 0. The number of aryl methyl sites for hydroxylation is 2. The summed E-state index contributed by atoms with van der Waals surface area (Å²) in [4.78, 5) is 25.1. The number of carboxylic acids is 1. The number of phenols is 1. The summed E-state index contributed by atoms with van der Waals surface area (Å²) in [7, 11) is 0. The zero-order chi connectivity index (χ0) is 22.1. The number of hydrazone groups is 1. The molecule has 0 bridgehead atoms. The van der Waals surface area contributed by atoms with Crippen molar-refractivity contribution in [1.29, 1.82) is 0 Å². The van der Waals surface area contributed by atoms with Gasteiger partial charge in [0.15, 0.2) is 5.71 Å². The van der Waals surface area contributed by atoms with Crippen molar-refractivity contribution in [2.45, 2.75) is 13.8 Å². The number of benzene rings is 3. The minimum absolute atomic E-state index is 0.0120. The molecule has 7 heteroatoms. The number of para-hydroxylation sites is 2. The number of hydrogen-bond acceptors (Lipinski definition) is 5. The lowest BCUT2D eigenvalue weighted by atomic mass is 9.99. The highest BCUT2D eigenvalue weighted by Crippen LogP contribution is 2.36. The average Bonchev–Trinajstić information content (AvgIpc) is 2.97. The molecule has 3 N–H and O–H groups in total. The molecule has 0 radical (unpaired) electrons. The predicted octanol–water partition coefficient (Wildman–Crippen LogP) is 3.92. The van der Waals surface area contributed by atoms with Gasteiger partial charge in [0.1, 0.15) is 12.3 Å². The van der Waals surface area contributed by atoms with Crippen molar-refractivity contribution >= 4 is 29.0 Å². The number of aromatic hydroxyl groups is 1. The number of fused-ring (bicyclic) bond motifs is 1. The van der Waals surface area contributed by atoms with Crippen LogP contribution in [0.3, 0.4) is 0 Å². The first-order valence-electron chi connectivity index (χ1n) is 9.72. The number of carbonyl (C=O) groups is 2. The molecule has 3 aromatic rings. The molecule has 0 unspecified atom stereocenters. The maximum absolute atomic E-state index is 12.8. The molecule has 1 aliphatic rings. The smallest absolute Gasteiger partial charge is 0.323 e. The summed E-state index contributed by atoms with van der Waals surface area (Å²) in [5, 5.41) is 24.2. The van der Waals surface area contributed by atoms with Gasteiger partial charge in [0, 0.05) is 11.1 Å². The van der Waals surface area contributed by atoms with E-state index >= 15 is 0 Å². The Bertz CT molecular complexity index is 1210. The Morgan fingerprint density at radius 2 is 1.68 bits per heavy atom. The Kier molecular flexibility index (Phi) is 5.17. The summed E-state index contributed by atoms with van der Waals surface area (Å²) in [6.07, 6.45) is 0. The number of hydrogen-bond donors (Lipinski definition) is 3. The van der Waals surface area contributed by atoms with E-state index in [4.69, 9.17) is 5.11 Å². The monoisotopic (exact) mass is 415 g/mol. The van der Waals surface area contributed by atoms with Crippen molar-refractivity contribution in [2.24, 2.45) is 5.10 Å². The lowest BCUT2D eigenvalue weighted by molar-refractivity contribution is -0.136. The molecule has 4 rings (SSSR count). The molecule has 1 heterocycles. The molecule has 7 nitrogen and oxygen atoms in total. The quantitative estimate of drug-likeness (QED) is 0.433. The van der Waals surface area contributed by atoms with Gasteiger partial charge in [0.25, 0.3) is 5.91 Å². The number of phenolic OH excluding ortho intramolecular Hbond substituents is 1. The third kappa shape index (κ3) is 3.85. The first kappa shape index (κ1) is 20.2. The second-order valence-electron chi connectivity index (χ2n) is 7.45. The largest absolute Gasteiger partial charge is 0.505 e. The summed E-state index contributed by atoms with van der Waals surface area (Å²) in [5.41, 5.74) is 7.92. The Labute approximate surface area is 179 Å². The molecule has 0 saturated heterocycles. The molecule has 0 aromatic heterocycles. The zero-order valence-corrected chi connectivity index (χ0v) is 17.1. The number of aliphatic carboxylic acids is 1. The molecule has 1 amide bonds. The van der Waals surface area contributed by atoms with Gasteiger partial charge in [-0.3, -0.25) is 19.9 Å². The van der Waals surface area contributed by atoms with Crippen molar-refractivity contribution in [2.75, 3.05) is 16.9 Å². The molecular formula is C24H21N3O4. The molecule has 156 valence electrons. The highest BCUT2D eigenvalue weighted by Gasteiger charge is 2.35. The number of rotatable bonds is 5. The van der Waals surface area contributed by atoms with Crippen LogP contribution in [-0.2, 0) is 9.59 Å². The van der Waals surface area contributed by atoms with Gasteiger partial charge in [-0.05, 0) is 31.5 Å². The summed E-state index contributed by atoms with van der Waals surface area (Å²) in [6.45, 7) is 3.53. The van der Waals surface area contributed by atoms with Crippen LogP contribution >= 0.6 is 0 Å².